The second-order valence-electron chi connectivity index (χ2n) is 4.26. The number of hydrogen-bond acceptors (Lipinski definition) is 2. The van der Waals surface area contributed by atoms with Crippen LogP contribution in [0, 0.1) is 0 Å². The van der Waals surface area contributed by atoms with Crippen LogP contribution in [0.3, 0.4) is 0 Å². The predicted molar refractivity (Wildman–Crippen MR) is 85.1 cm³/mol. The van der Waals surface area contributed by atoms with Crippen LogP contribution in [0.25, 0.3) is 6.08 Å². The summed E-state index contributed by atoms with van der Waals surface area (Å²) < 4.78 is 6.58. The predicted octanol–water partition coefficient (Wildman–Crippen LogP) is 4.74. The average molecular weight is 331 g/mol. The summed E-state index contributed by atoms with van der Waals surface area (Å²) in [6, 6.07) is 14.9. The van der Waals surface area contributed by atoms with Crippen LogP contribution in [-0.2, 0) is 0 Å². The first-order chi connectivity index (χ1) is 9.70. The van der Waals surface area contributed by atoms with Gasteiger partial charge in [0.1, 0.15) is 5.75 Å². The van der Waals surface area contributed by atoms with Gasteiger partial charge in [-0.05, 0) is 25.1 Å². The Balaban J connectivity index is 2.05. The normalized spacial score (nSPS) is 10.7. The molecule has 0 aliphatic heterocycles. The van der Waals surface area contributed by atoms with Gasteiger partial charge in [-0.25, -0.2) is 0 Å². The number of halogens is 1. The molecule has 0 atom stereocenters. The number of ketones is 1. The Morgan fingerprint density at radius 2 is 1.85 bits per heavy atom. The van der Waals surface area contributed by atoms with Crippen LogP contribution in [-0.4, -0.2) is 12.4 Å². The van der Waals surface area contributed by atoms with Gasteiger partial charge in [0.15, 0.2) is 12.4 Å². The number of carbonyl (C=O) groups excluding carboxylic acids is 1. The summed E-state index contributed by atoms with van der Waals surface area (Å²) >= 11 is 3.35. The molecule has 2 rings (SSSR count). The van der Waals surface area contributed by atoms with Crippen LogP contribution >= 0.6 is 15.9 Å². The Hall–Kier alpha value is -1.87. The summed E-state index contributed by atoms with van der Waals surface area (Å²) in [6.07, 6.45) is 3.90. The lowest BCUT2D eigenvalue weighted by Gasteiger charge is -2.08. The SMILES string of the molecule is CC=Cc1ccccc1OCC(=O)c1ccc(Br)cc1. The van der Waals surface area contributed by atoms with Crippen LogP contribution in [0.15, 0.2) is 59.1 Å². The molecule has 0 heterocycles. The van der Waals surface area contributed by atoms with E-state index in [4.69, 9.17) is 4.74 Å². The quantitative estimate of drug-likeness (QED) is 0.740. The number of carbonyl (C=O) groups is 1. The van der Waals surface area contributed by atoms with Gasteiger partial charge in [0.05, 0.1) is 0 Å². The summed E-state index contributed by atoms with van der Waals surface area (Å²) in [7, 11) is 0. The van der Waals surface area contributed by atoms with Gasteiger partial charge in [-0.1, -0.05) is 58.4 Å². The van der Waals surface area contributed by atoms with Crippen molar-refractivity contribution in [1.82, 2.24) is 0 Å². The molecule has 2 nitrogen and oxygen atoms in total. The van der Waals surface area contributed by atoms with Gasteiger partial charge in [0.2, 0.25) is 0 Å². The molecule has 2 aromatic carbocycles. The highest BCUT2D eigenvalue weighted by molar-refractivity contribution is 9.10. The van der Waals surface area contributed by atoms with Crippen molar-refractivity contribution in [1.29, 1.82) is 0 Å². The van der Waals surface area contributed by atoms with Crippen LogP contribution < -0.4 is 4.74 Å². The standard InChI is InChI=1S/C17H15BrO2/c1-2-5-14-6-3-4-7-17(14)20-12-16(19)13-8-10-15(18)11-9-13/h2-11H,12H2,1H3. The largest absolute Gasteiger partial charge is 0.485 e. The molecule has 0 unspecified atom stereocenters. The minimum absolute atomic E-state index is 0.0345. The second kappa shape index (κ2) is 7.06. The topological polar surface area (TPSA) is 26.3 Å². The summed E-state index contributed by atoms with van der Waals surface area (Å²) in [5.74, 6) is 0.684. The van der Waals surface area contributed by atoms with Crippen molar-refractivity contribution >= 4 is 27.8 Å². The van der Waals surface area contributed by atoms with E-state index in [-0.39, 0.29) is 12.4 Å². The van der Waals surface area contributed by atoms with Gasteiger partial charge < -0.3 is 4.74 Å². The molecule has 3 heteroatoms. The molecular weight excluding hydrogens is 316 g/mol. The maximum Gasteiger partial charge on any atom is 0.200 e. The summed E-state index contributed by atoms with van der Waals surface area (Å²) in [5, 5.41) is 0. The van der Waals surface area contributed by atoms with Gasteiger partial charge in [-0.15, -0.1) is 0 Å². The lowest BCUT2D eigenvalue weighted by molar-refractivity contribution is 0.0921. The zero-order valence-electron chi connectivity index (χ0n) is 11.2. The molecule has 2 aromatic rings. The van der Waals surface area contributed by atoms with Crippen molar-refractivity contribution < 1.29 is 9.53 Å². The Kier molecular flexibility index (Phi) is 5.13. The molecule has 0 amide bonds. The lowest BCUT2D eigenvalue weighted by Crippen LogP contribution is -2.11. The van der Waals surface area contributed by atoms with Gasteiger partial charge in [0.25, 0.3) is 0 Å². The van der Waals surface area contributed by atoms with E-state index in [1.165, 1.54) is 0 Å². The minimum atomic E-state index is -0.0345. The zero-order valence-corrected chi connectivity index (χ0v) is 12.8. The summed E-state index contributed by atoms with van der Waals surface area (Å²) in [5.41, 5.74) is 1.62. The first-order valence-corrected chi connectivity index (χ1v) is 7.13. The Labute approximate surface area is 127 Å². The van der Waals surface area contributed by atoms with Crippen molar-refractivity contribution in [3.05, 3.63) is 70.2 Å². The van der Waals surface area contributed by atoms with E-state index in [0.717, 1.165) is 15.8 Å². The number of benzene rings is 2. The number of rotatable bonds is 5. The number of Topliss-reactive ketones (excluding diaryl/α,β-unsaturated/α-hetero) is 1. The second-order valence-corrected chi connectivity index (χ2v) is 5.17. The van der Waals surface area contributed by atoms with E-state index in [0.29, 0.717) is 5.56 Å². The molecule has 0 bridgehead atoms. The van der Waals surface area contributed by atoms with E-state index >= 15 is 0 Å². The van der Waals surface area contributed by atoms with E-state index < -0.39 is 0 Å². The fourth-order valence-electron chi connectivity index (χ4n) is 1.79. The Morgan fingerprint density at radius 3 is 2.55 bits per heavy atom. The van der Waals surface area contributed by atoms with E-state index in [2.05, 4.69) is 15.9 Å². The van der Waals surface area contributed by atoms with Crippen molar-refractivity contribution in [2.24, 2.45) is 0 Å². The summed E-state index contributed by atoms with van der Waals surface area (Å²) in [4.78, 5) is 12.0. The third-order valence-corrected chi connectivity index (χ3v) is 3.32. The third-order valence-electron chi connectivity index (χ3n) is 2.79. The highest BCUT2D eigenvalue weighted by Gasteiger charge is 2.08. The molecule has 0 saturated heterocycles. The van der Waals surface area contributed by atoms with Gasteiger partial charge >= 0.3 is 0 Å². The van der Waals surface area contributed by atoms with Crippen LogP contribution in [0.2, 0.25) is 0 Å². The van der Waals surface area contributed by atoms with Crippen molar-refractivity contribution in [2.45, 2.75) is 6.92 Å². The fourth-order valence-corrected chi connectivity index (χ4v) is 2.06. The first kappa shape index (κ1) is 14.5. The fraction of sp³-hybridized carbons (Fsp3) is 0.118. The third kappa shape index (κ3) is 3.81. The molecule has 0 fully saturated rings. The van der Waals surface area contributed by atoms with Crippen molar-refractivity contribution in [3.8, 4) is 5.75 Å². The molecular formula is C17H15BrO2. The average Bonchev–Trinajstić information content (AvgIpc) is 2.47. The van der Waals surface area contributed by atoms with E-state index in [1.54, 1.807) is 12.1 Å². The highest BCUT2D eigenvalue weighted by Crippen LogP contribution is 2.20. The Bertz CT molecular complexity index is 615. The molecule has 0 spiro atoms. The van der Waals surface area contributed by atoms with E-state index in [1.807, 2.05) is 55.5 Å². The number of allylic oxidation sites excluding steroid dienone is 1. The van der Waals surface area contributed by atoms with Crippen molar-refractivity contribution in [3.63, 3.8) is 0 Å². The van der Waals surface area contributed by atoms with Gasteiger partial charge in [-0.3, -0.25) is 4.79 Å². The lowest BCUT2D eigenvalue weighted by atomic mass is 10.1. The van der Waals surface area contributed by atoms with Crippen molar-refractivity contribution in [2.75, 3.05) is 6.61 Å². The molecule has 0 N–H and O–H groups in total. The molecule has 0 radical (unpaired) electrons. The number of ether oxygens (including phenoxy) is 1. The monoisotopic (exact) mass is 330 g/mol. The molecule has 0 aliphatic carbocycles. The van der Waals surface area contributed by atoms with Crippen LogP contribution in [0.5, 0.6) is 5.75 Å². The Morgan fingerprint density at radius 1 is 1.15 bits per heavy atom. The maximum atomic E-state index is 12.0. The smallest absolute Gasteiger partial charge is 0.200 e. The minimum Gasteiger partial charge on any atom is -0.485 e. The number of para-hydroxylation sites is 1. The van der Waals surface area contributed by atoms with E-state index in [9.17, 15) is 4.79 Å². The van der Waals surface area contributed by atoms with Crippen LogP contribution in [0.4, 0.5) is 0 Å². The highest BCUT2D eigenvalue weighted by atomic mass is 79.9. The number of hydrogen-bond donors (Lipinski definition) is 0. The van der Waals surface area contributed by atoms with Crippen LogP contribution in [0.1, 0.15) is 22.8 Å². The first-order valence-electron chi connectivity index (χ1n) is 6.34. The molecule has 102 valence electrons. The zero-order chi connectivity index (χ0) is 14.4. The molecule has 20 heavy (non-hydrogen) atoms. The molecule has 0 saturated carbocycles. The van der Waals surface area contributed by atoms with Gasteiger partial charge in [-0.2, -0.15) is 0 Å². The molecule has 0 aliphatic rings. The molecule has 0 aromatic heterocycles. The maximum absolute atomic E-state index is 12.0. The van der Waals surface area contributed by atoms with Gasteiger partial charge in [0, 0.05) is 15.6 Å². The summed E-state index contributed by atoms with van der Waals surface area (Å²) in [6.45, 7) is 1.99.